The molecule has 0 atom stereocenters. The molecular weight excluding hydrogens is 368 g/mol. The molecule has 3 aromatic rings. The zero-order chi connectivity index (χ0) is 20.1. The maximum absolute atomic E-state index is 13.3. The number of anilines is 3. The standard InChI is InChI=1S/C20H17F2N3O3/c1-27-16-4-3-5-17(28-2)19(16)20(26)25-18-9-7-13(11-23-18)24-12-6-8-14(21)15(22)10-12/h3-11,24H,1-2H3,(H,23,25,26). The topological polar surface area (TPSA) is 72.5 Å². The molecule has 0 aliphatic heterocycles. The molecule has 1 heterocycles. The molecule has 1 aromatic heterocycles. The number of nitrogens with one attached hydrogen (secondary N) is 2. The molecule has 0 radical (unpaired) electrons. The molecule has 1 amide bonds. The number of carbonyl (C=O) groups excluding carboxylic acids is 1. The van der Waals surface area contributed by atoms with E-state index in [1.807, 2.05) is 0 Å². The molecule has 0 aliphatic carbocycles. The molecule has 0 bridgehead atoms. The molecule has 0 spiro atoms. The lowest BCUT2D eigenvalue weighted by Gasteiger charge is -2.13. The third-order valence-corrected chi connectivity index (χ3v) is 3.87. The van der Waals surface area contributed by atoms with Crippen molar-refractivity contribution in [2.75, 3.05) is 24.9 Å². The normalized spacial score (nSPS) is 10.3. The van der Waals surface area contributed by atoms with E-state index in [2.05, 4.69) is 15.6 Å². The van der Waals surface area contributed by atoms with E-state index in [4.69, 9.17) is 9.47 Å². The number of rotatable bonds is 6. The lowest BCUT2D eigenvalue weighted by molar-refractivity contribution is 0.102. The third kappa shape index (κ3) is 4.17. The zero-order valence-electron chi connectivity index (χ0n) is 15.1. The fraction of sp³-hybridized carbons (Fsp3) is 0.100. The smallest absolute Gasteiger partial charge is 0.264 e. The van der Waals surface area contributed by atoms with E-state index in [0.29, 0.717) is 28.7 Å². The van der Waals surface area contributed by atoms with Gasteiger partial charge >= 0.3 is 0 Å². The number of methoxy groups -OCH3 is 2. The monoisotopic (exact) mass is 385 g/mol. The van der Waals surface area contributed by atoms with Crippen molar-refractivity contribution in [3.8, 4) is 11.5 Å². The van der Waals surface area contributed by atoms with Crippen LogP contribution in [0.15, 0.2) is 54.7 Å². The summed E-state index contributed by atoms with van der Waals surface area (Å²) in [5.74, 6) is -1.28. The Bertz CT molecular complexity index is 972. The molecule has 8 heteroatoms. The van der Waals surface area contributed by atoms with Gasteiger partial charge in [0.1, 0.15) is 22.9 Å². The summed E-state index contributed by atoms with van der Waals surface area (Å²) in [5.41, 5.74) is 1.16. The molecule has 3 rings (SSSR count). The van der Waals surface area contributed by atoms with Gasteiger partial charge in [-0.25, -0.2) is 13.8 Å². The van der Waals surface area contributed by atoms with Crippen LogP contribution in [0.25, 0.3) is 0 Å². The van der Waals surface area contributed by atoms with Crippen LogP contribution in [-0.4, -0.2) is 25.1 Å². The van der Waals surface area contributed by atoms with Gasteiger partial charge in [0.15, 0.2) is 11.6 Å². The van der Waals surface area contributed by atoms with Crippen LogP contribution in [0.3, 0.4) is 0 Å². The molecule has 0 saturated heterocycles. The zero-order valence-corrected chi connectivity index (χ0v) is 15.1. The minimum absolute atomic E-state index is 0.248. The second-order valence-electron chi connectivity index (χ2n) is 5.68. The Labute approximate surface area is 160 Å². The summed E-state index contributed by atoms with van der Waals surface area (Å²) in [6, 6.07) is 11.7. The first-order chi connectivity index (χ1) is 13.5. The van der Waals surface area contributed by atoms with Gasteiger partial charge in [-0.15, -0.1) is 0 Å². The number of amides is 1. The molecule has 2 N–H and O–H groups in total. The maximum Gasteiger partial charge on any atom is 0.264 e. The number of benzene rings is 2. The molecule has 0 aliphatic rings. The molecule has 6 nitrogen and oxygen atoms in total. The van der Waals surface area contributed by atoms with Crippen LogP contribution in [0.5, 0.6) is 11.5 Å². The van der Waals surface area contributed by atoms with Crippen molar-refractivity contribution < 1.29 is 23.0 Å². The van der Waals surface area contributed by atoms with Crippen LogP contribution in [-0.2, 0) is 0 Å². The van der Waals surface area contributed by atoms with E-state index in [-0.39, 0.29) is 5.56 Å². The van der Waals surface area contributed by atoms with Crippen LogP contribution in [0.4, 0.5) is 26.0 Å². The van der Waals surface area contributed by atoms with E-state index in [0.717, 1.165) is 12.1 Å². The molecule has 0 unspecified atom stereocenters. The molecule has 0 fully saturated rings. The average Bonchev–Trinajstić information content (AvgIpc) is 2.71. The Balaban J connectivity index is 1.74. The number of halogens is 2. The molecule has 144 valence electrons. The highest BCUT2D eigenvalue weighted by atomic mass is 19.2. The van der Waals surface area contributed by atoms with Crippen LogP contribution >= 0.6 is 0 Å². The number of nitrogens with zero attached hydrogens (tertiary/aromatic N) is 1. The summed E-state index contributed by atoms with van der Waals surface area (Å²) < 4.78 is 36.7. The molecular formula is C20H17F2N3O3. The maximum atomic E-state index is 13.3. The predicted octanol–water partition coefficient (Wildman–Crippen LogP) is 4.37. The Morgan fingerprint density at radius 1 is 0.929 bits per heavy atom. The number of hydrogen-bond acceptors (Lipinski definition) is 5. The quantitative estimate of drug-likeness (QED) is 0.659. The summed E-state index contributed by atoms with van der Waals surface area (Å²) in [7, 11) is 2.92. The molecule has 28 heavy (non-hydrogen) atoms. The lowest BCUT2D eigenvalue weighted by atomic mass is 10.1. The Kier molecular flexibility index (Phi) is 5.69. The molecule has 2 aromatic carbocycles. The van der Waals surface area contributed by atoms with E-state index in [1.54, 1.807) is 30.3 Å². The van der Waals surface area contributed by atoms with Gasteiger partial charge in [0.2, 0.25) is 0 Å². The summed E-state index contributed by atoms with van der Waals surface area (Å²) in [4.78, 5) is 16.8. The van der Waals surface area contributed by atoms with Crippen molar-refractivity contribution in [1.29, 1.82) is 0 Å². The summed E-state index contributed by atoms with van der Waals surface area (Å²) in [6.07, 6.45) is 1.45. The van der Waals surface area contributed by atoms with Crippen molar-refractivity contribution in [2.24, 2.45) is 0 Å². The van der Waals surface area contributed by atoms with Gasteiger partial charge in [0.05, 0.1) is 26.1 Å². The van der Waals surface area contributed by atoms with E-state index >= 15 is 0 Å². The largest absolute Gasteiger partial charge is 0.496 e. The number of carbonyl (C=O) groups is 1. The van der Waals surface area contributed by atoms with Crippen LogP contribution in [0.1, 0.15) is 10.4 Å². The SMILES string of the molecule is COc1cccc(OC)c1C(=O)Nc1ccc(Nc2ccc(F)c(F)c2)cn1. The van der Waals surface area contributed by atoms with Crippen molar-refractivity contribution >= 4 is 23.1 Å². The Hall–Kier alpha value is -3.68. The average molecular weight is 385 g/mol. The van der Waals surface area contributed by atoms with Crippen LogP contribution in [0.2, 0.25) is 0 Å². The second-order valence-corrected chi connectivity index (χ2v) is 5.68. The highest BCUT2D eigenvalue weighted by Crippen LogP contribution is 2.29. The van der Waals surface area contributed by atoms with Crippen LogP contribution in [0, 0.1) is 11.6 Å². The highest BCUT2D eigenvalue weighted by Gasteiger charge is 2.18. The van der Waals surface area contributed by atoms with Gasteiger partial charge in [-0.1, -0.05) is 6.07 Å². The van der Waals surface area contributed by atoms with Gasteiger partial charge in [0, 0.05) is 11.8 Å². The second kappa shape index (κ2) is 8.34. The van der Waals surface area contributed by atoms with Crippen LogP contribution < -0.4 is 20.1 Å². The van der Waals surface area contributed by atoms with Gasteiger partial charge in [-0.2, -0.15) is 0 Å². The first-order valence-electron chi connectivity index (χ1n) is 8.22. The van der Waals surface area contributed by atoms with Gasteiger partial charge in [-0.3, -0.25) is 4.79 Å². The number of aromatic nitrogens is 1. The fourth-order valence-corrected chi connectivity index (χ4v) is 2.54. The van der Waals surface area contributed by atoms with Gasteiger partial charge in [0.25, 0.3) is 5.91 Å². The Morgan fingerprint density at radius 3 is 2.18 bits per heavy atom. The fourth-order valence-electron chi connectivity index (χ4n) is 2.54. The van der Waals surface area contributed by atoms with Crippen molar-refractivity contribution in [1.82, 2.24) is 4.98 Å². The summed E-state index contributed by atoms with van der Waals surface area (Å²) >= 11 is 0. The van der Waals surface area contributed by atoms with E-state index in [1.165, 1.54) is 26.5 Å². The first-order valence-corrected chi connectivity index (χ1v) is 8.22. The van der Waals surface area contributed by atoms with E-state index < -0.39 is 17.5 Å². The lowest BCUT2D eigenvalue weighted by Crippen LogP contribution is -2.15. The summed E-state index contributed by atoms with van der Waals surface area (Å²) in [6.45, 7) is 0. The number of ether oxygens (including phenoxy) is 2. The van der Waals surface area contributed by atoms with Crippen molar-refractivity contribution in [3.63, 3.8) is 0 Å². The third-order valence-electron chi connectivity index (χ3n) is 3.87. The minimum atomic E-state index is -0.951. The highest BCUT2D eigenvalue weighted by molar-refractivity contribution is 6.07. The van der Waals surface area contributed by atoms with Gasteiger partial charge in [-0.05, 0) is 36.4 Å². The van der Waals surface area contributed by atoms with Gasteiger partial charge < -0.3 is 20.1 Å². The summed E-state index contributed by atoms with van der Waals surface area (Å²) in [5, 5.41) is 5.57. The first kappa shape index (κ1) is 19.1. The number of pyridine rings is 1. The van der Waals surface area contributed by atoms with Crippen molar-refractivity contribution in [2.45, 2.75) is 0 Å². The number of hydrogen-bond donors (Lipinski definition) is 2. The Morgan fingerprint density at radius 2 is 1.61 bits per heavy atom. The van der Waals surface area contributed by atoms with Crippen molar-refractivity contribution in [3.05, 3.63) is 71.9 Å². The predicted molar refractivity (Wildman–Crippen MR) is 101 cm³/mol. The molecule has 0 saturated carbocycles. The minimum Gasteiger partial charge on any atom is -0.496 e. The van der Waals surface area contributed by atoms with E-state index in [9.17, 15) is 13.6 Å².